The Balaban J connectivity index is 1.66. The summed E-state index contributed by atoms with van der Waals surface area (Å²) in [6, 6.07) is 2.99. The maximum atomic E-state index is 13.6. The number of piperazine rings is 1. The van der Waals surface area contributed by atoms with Gasteiger partial charge < -0.3 is 25.1 Å². The molecule has 10 nitrogen and oxygen atoms in total. The molecule has 1 aromatic rings. The zero-order valence-electron chi connectivity index (χ0n) is 20.9. The lowest BCUT2D eigenvalue weighted by Gasteiger charge is -2.39. The van der Waals surface area contributed by atoms with Gasteiger partial charge in [-0.3, -0.25) is 14.9 Å². The fourth-order valence-electron chi connectivity index (χ4n) is 4.76. The van der Waals surface area contributed by atoms with Crippen molar-refractivity contribution in [3.05, 3.63) is 29.8 Å². The lowest BCUT2D eigenvalue weighted by atomic mass is 9.84. The summed E-state index contributed by atoms with van der Waals surface area (Å²) in [5.74, 6) is -3.30. The molecule has 2 fully saturated rings. The van der Waals surface area contributed by atoms with Crippen LogP contribution in [0.25, 0.3) is 0 Å². The Morgan fingerprint density at radius 1 is 1.14 bits per heavy atom. The molecule has 2 unspecified atom stereocenters. The summed E-state index contributed by atoms with van der Waals surface area (Å²) in [5.41, 5.74) is -1.61. The van der Waals surface area contributed by atoms with Gasteiger partial charge in [-0.25, -0.2) is 18.4 Å². The Morgan fingerprint density at radius 3 is 2.28 bits per heavy atom. The van der Waals surface area contributed by atoms with Crippen molar-refractivity contribution >= 4 is 29.6 Å². The van der Waals surface area contributed by atoms with Crippen LogP contribution in [0.4, 0.5) is 24.1 Å². The van der Waals surface area contributed by atoms with Crippen LogP contribution in [0, 0.1) is 17.6 Å². The third kappa shape index (κ3) is 5.85. The van der Waals surface area contributed by atoms with Gasteiger partial charge in [0.2, 0.25) is 5.91 Å². The molecule has 1 aromatic carbocycles. The fourth-order valence-corrected chi connectivity index (χ4v) is 4.76. The predicted molar refractivity (Wildman–Crippen MR) is 127 cm³/mol. The number of nitrogens with one attached hydrogen (secondary N) is 2. The van der Waals surface area contributed by atoms with Gasteiger partial charge in [0.05, 0.1) is 0 Å². The molecular weight excluding hydrogens is 476 g/mol. The van der Waals surface area contributed by atoms with Crippen LogP contribution in [0.15, 0.2) is 18.2 Å². The van der Waals surface area contributed by atoms with Gasteiger partial charge in [0.25, 0.3) is 5.91 Å². The monoisotopic (exact) mass is 509 g/mol. The Morgan fingerprint density at radius 2 is 1.78 bits per heavy atom. The number of rotatable bonds is 7. The zero-order chi connectivity index (χ0) is 26.8. The largest absolute Gasteiger partial charge is 0.465 e. The van der Waals surface area contributed by atoms with Gasteiger partial charge in [0.15, 0.2) is 11.6 Å². The third-order valence-electron chi connectivity index (χ3n) is 6.75. The molecule has 2 aliphatic rings. The van der Waals surface area contributed by atoms with Gasteiger partial charge in [-0.05, 0) is 45.7 Å². The SMILES string of the molecule is CC(CC1(CCN(C(=O)O)C(C)(C)C)NC(=O)NC1=O)C(=O)N1CCN(c2ccc(F)c(F)c2)CC1. The van der Waals surface area contributed by atoms with Crippen LogP contribution in [-0.4, -0.2) is 82.6 Å². The van der Waals surface area contributed by atoms with E-state index in [2.05, 4.69) is 10.6 Å². The van der Waals surface area contributed by atoms with Gasteiger partial charge in [0, 0.05) is 55.9 Å². The van der Waals surface area contributed by atoms with E-state index in [-0.39, 0.29) is 25.3 Å². The summed E-state index contributed by atoms with van der Waals surface area (Å²) in [5, 5.41) is 14.4. The normalized spacial score (nSPS) is 21.2. The smallest absolute Gasteiger partial charge is 0.407 e. The van der Waals surface area contributed by atoms with Gasteiger partial charge in [0.1, 0.15) is 5.54 Å². The molecule has 0 aliphatic carbocycles. The van der Waals surface area contributed by atoms with E-state index >= 15 is 0 Å². The summed E-state index contributed by atoms with van der Waals surface area (Å²) >= 11 is 0. The molecule has 0 bridgehead atoms. The van der Waals surface area contributed by atoms with E-state index in [1.54, 1.807) is 32.6 Å². The van der Waals surface area contributed by atoms with Crippen molar-refractivity contribution in [2.24, 2.45) is 5.92 Å². The summed E-state index contributed by atoms with van der Waals surface area (Å²) in [6.07, 6.45) is -1.13. The molecule has 3 rings (SSSR count). The van der Waals surface area contributed by atoms with Crippen molar-refractivity contribution in [1.82, 2.24) is 20.4 Å². The van der Waals surface area contributed by atoms with E-state index < -0.39 is 46.7 Å². The molecule has 2 aliphatic heterocycles. The lowest BCUT2D eigenvalue weighted by molar-refractivity contribution is -0.136. The molecule has 5 amide bonds. The number of hydrogen-bond donors (Lipinski definition) is 3. The number of hydrogen-bond acceptors (Lipinski definition) is 5. The molecule has 3 N–H and O–H groups in total. The predicted octanol–water partition coefficient (Wildman–Crippen LogP) is 2.39. The highest BCUT2D eigenvalue weighted by atomic mass is 19.2. The molecule has 2 saturated heterocycles. The number of anilines is 1. The van der Waals surface area contributed by atoms with Gasteiger partial charge in [-0.1, -0.05) is 6.92 Å². The Kier molecular flexibility index (Phi) is 7.75. The summed E-state index contributed by atoms with van der Waals surface area (Å²) < 4.78 is 26.8. The number of urea groups is 1. The van der Waals surface area contributed by atoms with Crippen molar-refractivity contribution in [2.45, 2.75) is 51.6 Å². The summed E-state index contributed by atoms with van der Waals surface area (Å²) in [4.78, 5) is 54.4. The summed E-state index contributed by atoms with van der Waals surface area (Å²) in [7, 11) is 0. The number of nitrogens with zero attached hydrogens (tertiary/aromatic N) is 3. The third-order valence-corrected chi connectivity index (χ3v) is 6.75. The second-order valence-electron chi connectivity index (χ2n) is 10.4. The number of carboxylic acid groups (broad SMARTS) is 1. The number of carbonyl (C=O) groups excluding carboxylic acids is 3. The Labute approximate surface area is 208 Å². The average molecular weight is 510 g/mol. The molecule has 12 heteroatoms. The first-order valence-electron chi connectivity index (χ1n) is 11.9. The van der Waals surface area contributed by atoms with Crippen LogP contribution in [-0.2, 0) is 9.59 Å². The minimum absolute atomic E-state index is 0.00436. The van der Waals surface area contributed by atoms with E-state index in [1.165, 1.54) is 11.0 Å². The van der Waals surface area contributed by atoms with Gasteiger partial charge in [-0.15, -0.1) is 0 Å². The standard InChI is InChI=1S/C24H33F2N5O5/c1-15(19(32)30-11-9-29(10-12-30)16-5-6-17(25)18(26)13-16)14-24(20(33)27-21(34)28-24)7-8-31(22(35)36)23(2,3)4/h5-6,13,15H,7-12,14H2,1-4H3,(H,35,36)(H2,27,28,33,34). The number of imide groups is 1. The first kappa shape index (κ1) is 27.2. The van der Waals surface area contributed by atoms with E-state index in [0.29, 0.717) is 31.9 Å². The molecule has 198 valence electrons. The number of carbonyl (C=O) groups is 4. The van der Waals surface area contributed by atoms with Crippen molar-refractivity contribution in [3.63, 3.8) is 0 Å². The lowest BCUT2D eigenvalue weighted by Crippen LogP contribution is -2.55. The minimum atomic E-state index is -1.42. The second-order valence-corrected chi connectivity index (χ2v) is 10.4. The van der Waals surface area contributed by atoms with Gasteiger partial charge in [-0.2, -0.15) is 0 Å². The number of halogens is 2. The Hall–Kier alpha value is -3.44. The Bertz CT molecular complexity index is 1040. The van der Waals surface area contributed by atoms with Crippen LogP contribution in [0.3, 0.4) is 0 Å². The maximum absolute atomic E-state index is 13.6. The average Bonchev–Trinajstić information content (AvgIpc) is 3.06. The first-order valence-corrected chi connectivity index (χ1v) is 11.9. The van der Waals surface area contributed by atoms with Gasteiger partial charge >= 0.3 is 12.1 Å². The first-order chi connectivity index (χ1) is 16.7. The van der Waals surface area contributed by atoms with Crippen LogP contribution in [0.1, 0.15) is 40.5 Å². The summed E-state index contributed by atoms with van der Waals surface area (Å²) in [6.45, 7) is 8.39. The van der Waals surface area contributed by atoms with Crippen molar-refractivity contribution in [1.29, 1.82) is 0 Å². The van der Waals surface area contributed by atoms with Crippen LogP contribution >= 0.6 is 0 Å². The van der Waals surface area contributed by atoms with Crippen molar-refractivity contribution < 1.29 is 33.1 Å². The van der Waals surface area contributed by atoms with E-state index in [1.807, 2.05) is 4.90 Å². The molecule has 2 heterocycles. The number of benzene rings is 1. The molecule has 36 heavy (non-hydrogen) atoms. The van der Waals surface area contributed by atoms with Crippen LogP contribution in [0.2, 0.25) is 0 Å². The van der Waals surface area contributed by atoms with Crippen molar-refractivity contribution in [2.75, 3.05) is 37.6 Å². The quantitative estimate of drug-likeness (QED) is 0.485. The molecule has 0 saturated carbocycles. The molecule has 0 radical (unpaired) electrons. The van der Waals surface area contributed by atoms with E-state index in [0.717, 1.165) is 12.1 Å². The highest BCUT2D eigenvalue weighted by Gasteiger charge is 2.48. The maximum Gasteiger partial charge on any atom is 0.407 e. The molecule has 0 spiro atoms. The van der Waals surface area contributed by atoms with E-state index in [4.69, 9.17) is 0 Å². The molecular formula is C24H33F2N5O5. The minimum Gasteiger partial charge on any atom is -0.465 e. The number of amides is 5. The topological polar surface area (TPSA) is 122 Å². The zero-order valence-corrected chi connectivity index (χ0v) is 20.9. The van der Waals surface area contributed by atoms with Crippen molar-refractivity contribution in [3.8, 4) is 0 Å². The fraction of sp³-hybridized carbons (Fsp3) is 0.583. The second kappa shape index (κ2) is 10.3. The molecule has 0 aromatic heterocycles. The molecule has 2 atom stereocenters. The van der Waals surface area contributed by atoms with E-state index in [9.17, 15) is 33.1 Å². The van der Waals surface area contributed by atoms with Crippen LogP contribution < -0.4 is 15.5 Å². The highest BCUT2D eigenvalue weighted by molar-refractivity contribution is 6.07. The van der Waals surface area contributed by atoms with Crippen LogP contribution in [0.5, 0.6) is 0 Å². The highest BCUT2D eigenvalue weighted by Crippen LogP contribution is 2.28.